The molecule has 0 saturated carbocycles. The van der Waals surface area contributed by atoms with E-state index in [1.165, 1.54) is 21.9 Å². The Morgan fingerprint density at radius 1 is 1.35 bits per heavy atom. The topological polar surface area (TPSA) is 49.9 Å². The maximum absolute atomic E-state index is 13.0. The molecule has 0 aliphatic carbocycles. The number of ether oxygens (including phenoxy) is 1. The van der Waals surface area contributed by atoms with E-state index in [0.29, 0.717) is 5.56 Å². The lowest BCUT2D eigenvalue weighted by Gasteiger charge is -2.39. The van der Waals surface area contributed by atoms with Crippen LogP contribution >= 0.6 is 0 Å². The first-order valence-corrected chi connectivity index (χ1v) is 6.25. The lowest BCUT2D eigenvalue weighted by molar-refractivity contribution is -0.166. The van der Waals surface area contributed by atoms with Gasteiger partial charge >= 0.3 is 0 Å². The smallest absolute Gasteiger partial charge is 0.253 e. The summed E-state index contributed by atoms with van der Waals surface area (Å²) in [6, 6.07) is 5.19. The Balaban J connectivity index is 2.37. The van der Waals surface area contributed by atoms with Crippen LogP contribution in [0.25, 0.3) is 0 Å². The van der Waals surface area contributed by atoms with Crippen LogP contribution in [-0.2, 0) is 14.3 Å². The second-order valence-corrected chi connectivity index (χ2v) is 4.97. The van der Waals surface area contributed by atoms with E-state index in [1.54, 1.807) is 33.3 Å². The van der Waals surface area contributed by atoms with Crippen LogP contribution in [0.5, 0.6) is 0 Å². The number of hydrogen-bond donors (Lipinski definition) is 0. The third-order valence-electron chi connectivity index (χ3n) is 3.38. The van der Waals surface area contributed by atoms with Crippen molar-refractivity contribution in [3.05, 3.63) is 35.6 Å². The van der Waals surface area contributed by atoms with E-state index in [9.17, 15) is 14.0 Å². The molecule has 0 bridgehead atoms. The number of carbonyl (C=O) groups excluding carboxylic acids is 2. The molecule has 20 heavy (non-hydrogen) atoms. The summed E-state index contributed by atoms with van der Waals surface area (Å²) in [5, 5.41) is 0. The number of hydrogen-bond acceptors (Lipinski definition) is 3. The average Bonchev–Trinajstić information content (AvgIpc) is 2.42. The Bertz CT molecular complexity index is 516. The monoisotopic (exact) mass is 280 g/mol. The van der Waals surface area contributed by atoms with Gasteiger partial charge in [-0.3, -0.25) is 9.59 Å². The molecule has 2 atom stereocenters. The van der Waals surface area contributed by atoms with Crippen LogP contribution in [0, 0.1) is 5.82 Å². The highest BCUT2D eigenvalue weighted by Gasteiger charge is 2.40. The van der Waals surface area contributed by atoms with Gasteiger partial charge in [-0.2, -0.15) is 0 Å². The second-order valence-electron chi connectivity index (χ2n) is 4.97. The maximum atomic E-state index is 13.0. The zero-order valence-corrected chi connectivity index (χ0v) is 11.7. The lowest BCUT2D eigenvalue weighted by Crippen LogP contribution is -2.52. The van der Waals surface area contributed by atoms with Crippen molar-refractivity contribution in [3.8, 4) is 0 Å². The molecule has 1 aromatic carbocycles. The largest absolute Gasteiger partial charge is 0.356 e. The van der Waals surface area contributed by atoms with Crippen LogP contribution in [0.3, 0.4) is 0 Å². The lowest BCUT2D eigenvalue weighted by atomic mass is 9.97. The Morgan fingerprint density at radius 2 is 1.95 bits per heavy atom. The minimum atomic E-state index is -0.779. The van der Waals surface area contributed by atoms with Crippen LogP contribution in [-0.4, -0.2) is 55.5 Å². The van der Waals surface area contributed by atoms with Crippen molar-refractivity contribution in [2.24, 2.45) is 0 Å². The number of likely N-dealkylation sites (N-methyl/N-ethyl adjacent to an activating group) is 2. The fraction of sp³-hybridized carbons (Fsp3) is 0.429. The summed E-state index contributed by atoms with van der Waals surface area (Å²) in [5.41, 5.74) is 0.669. The van der Waals surface area contributed by atoms with E-state index < -0.39 is 12.1 Å². The molecule has 1 aliphatic rings. The van der Waals surface area contributed by atoms with Gasteiger partial charge in [-0.25, -0.2) is 4.39 Å². The number of amides is 2. The van der Waals surface area contributed by atoms with Crippen molar-refractivity contribution in [1.29, 1.82) is 0 Å². The Morgan fingerprint density at radius 3 is 2.50 bits per heavy atom. The summed E-state index contributed by atoms with van der Waals surface area (Å²) in [4.78, 5) is 26.9. The predicted octanol–water partition coefficient (Wildman–Crippen LogP) is 0.812. The van der Waals surface area contributed by atoms with Crippen LogP contribution in [0.2, 0.25) is 0 Å². The number of halogens is 1. The molecule has 2 rings (SSSR count). The molecule has 0 unspecified atom stereocenters. The first-order valence-electron chi connectivity index (χ1n) is 6.25. The van der Waals surface area contributed by atoms with Gasteiger partial charge in [0.2, 0.25) is 5.91 Å². The molecule has 1 saturated heterocycles. The normalized spacial score (nSPS) is 22.8. The summed E-state index contributed by atoms with van der Waals surface area (Å²) in [5.74, 6) is -0.796. The molecule has 1 heterocycles. The van der Waals surface area contributed by atoms with Gasteiger partial charge in [0.1, 0.15) is 12.4 Å². The fourth-order valence-corrected chi connectivity index (χ4v) is 2.23. The van der Waals surface area contributed by atoms with Crippen molar-refractivity contribution in [2.75, 3.05) is 27.7 Å². The van der Waals surface area contributed by atoms with Crippen LogP contribution in [0.1, 0.15) is 11.6 Å². The molecule has 0 aromatic heterocycles. The summed E-state index contributed by atoms with van der Waals surface area (Å²) in [6.07, 6.45) is -0.779. The molecule has 6 heteroatoms. The van der Waals surface area contributed by atoms with E-state index in [0.717, 1.165) is 0 Å². The fourth-order valence-electron chi connectivity index (χ4n) is 2.23. The van der Waals surface area contributed by atoms with Gasteiger partial charge in [0.25, 0.3) is 5.91 Å². The van der Waals surface area contributed by atoms with Crippen molar-refractivity contribution in [3.63, 3.8) is 0 Å². The van der Waals surface area contributed by atoms with Crippen molar-refractivity contribution < 1.29 is 18.7 Å². The van der Waals surface area contributed by atoms with E-state index in [1.807, 2.05) is 0 Å². The highest BCUT2D eigenvalue weighted by Crippen LogP contribution is 2.29. The molecule has 2 amide bonds. The van der Waals surface area contributed by atoms with Crippen LogP contribution in [0.4, 0.5) is 4.39 Å². The second kappa shape index (κ2) is 5.58. The molecule has 0 spiro atoms. The number of rotatable bonds is 2. The Kier molecular flexibility index (Phi) is 4.04. The minimum Gasteiger partial charge on any atom is -0.356 e. The molecular weight excluding hydrogens is 263 g/mol. The van der Waals surface area contributed by atoms with Gasteiger partial charge in [-0.1, -0.05) is 12.1 Å². The summed E-state index contributed by atoms with van der Waals surface area (Å²) in [7, 11) is 4.88. The molecule has 0 N–H and O–H groups in total. The molecule has 1 aromatic rings. The molecular formula is C14H17FN2O3. The van der Waals surface area contributed by atoms with E-state index in [4.69, 9.17) is 4.74 Å². The summed E-state index contributed by atoms with van der Waals surface area (Å²) >= 11 is 0. The van der Waals surface area contributed by atoms with E-state index in [-0.39, 0.29) is 24.2 Å². The number of benzene rings is 1. The van der Waals surface area contributed by atoms with Crippen molar-refractivity contribution in [1.82, 2.24) is 9.80 Å². The van der Waals surface area contributed by atoms with E-state index >= 15 is 0 Å². The number of morpholine rings is 1. The van der Waals surface area contributed by atoms with Gasteiger partial charge in [0.05, 0.1) is 6.04 Å². The zero-order chi connectivity index (χ0) is 14.9. The van der Waals surface area contributed by atoms with Gasteiger partial charge in [0.15, 0.2) is 6.10 Å². The molecule has 1 aliphatic heterocycles. The van der Waals surface area contributed by atoms with Gasteiger partial charge in [-0.15, -0.1) is 0 Å². The highest BCUT2D eigenvalue weighted by molar-refractivity contribution is 5.86. The van der Waals surface area contributed by atoms with Crippen molar-refractivity contribution in [2.45, 2.75) is 12.1 Å². The molecule has 108 valence electrons. The Hall–Kier alpha value is -1.95. The van der Waals surface area contributed by atoms with Gasteiger partial charge in [-0.05, 0) is 17.7 Å². The predicted molar refractivity (Wildman–Crippen MR) is 70.3 cm³/mol. The van der Waals surface area contributed by atoms with E-state index in [2.05, 4.69) is 0 Å². The third kappa shape index (κ3) is 2.65. The first-order chi connectivity index (χ1) is 9.41. The molecule has 5 nitrogen and oxygen atoms in total. The SMILES string of the molecule is CN(C)C(=O)[C@H]1OCC(=O)N(C)[C@H]1c1ccc(F)cc1. The highest BCUT2D eigenvalue weighted by atomic mass is 19.1. The summed E-state index contributed by atoms with van der Waals surface area (Å²) in [6.45, 7) is -0.127. The standard InChI is InChI=1S/C14H17FN2O3/c1-16(2)14(19)13-12(17(3)11(18)8-20-13)9-4-6-10(15)7-5-9/h4-7,12-13H,8H2,1-3H3/t12-,13-/m0/s1. The molecule has 1 fully saturated rings. The van der Waals surface area contributed by atoms with Crippen molar-refractivity contribution >= 4 is 11.8 Å². The first kappa shape index (κ1) is 14.5. The van der Waals surface area contributed by atoms with Gasteiger partial charge in [0, 0.05) is 21.1 Å². The van der Waals surface area contributed by atoms with Crippen LogP contribution < -0.4 is 0 Å². The number of nitrogens with zero attached hydrogens (tertiary/aromatic N) is 2. The third-order valence-corrected chi connectivity index (χ3v) is 3.38. The average molecular weight is 280 g/mol. The quantitative estimate of drug-likeness (QED) is 0.805. The molecule has 0 radical (unpaired) electrons. The maximum Gasteiger partial charge on any atom is 0.253 e. The number of carbonyl (C=O) groups is 2. The van der Waals surface area contributed by atoms with Gasteiger partial charge < -0.3 is 14.5 Å². The zero-order valence-electron chi connectivity index (χ0n) is 11.7. The van der Waals surface area contributed by atoms with Crippen LogP contribution in [0.15, 0.2) is 24.3 Å². The summed E-state index contributed by atoms with van der Waals surface area (Å²) < 4.78 is 18.4. The minimum absolute atomic E-state index is 0.127. The Labute approximate surface area is 116 Å².